The number of hydrogen-bond donors (Lipinski definition) is 1. The zero-order chi connectivity index (χ0) is 27.3. The highest BCUT2D eigenvalue weighted by molar-refractivity contribution is 5.94. The van der Waals surface area contributed by atoms with Gasteiger partial charge in [-0.25, -0.2) is 9.78 Å². The predicted molar refractivity (Wildman–Crippen MR) is 179 cm³/mol. The zero-order valence-corrected chi connectivity index (χ0v) is 26.3. The fourth-order valence-corrected chi connectivity index (χ4v) is 5.98. The summed E-state index contributed by atoms with van der Waals surface area (Å²) >= 11 is 0. The SMILES string of the molecule is Cl.Cl.Cl.O=C(O)c1ccc2c(Cn3ccnc3)cn(CCCN3CCN(C(c4ccccc4)c4ccccc4)CC3)c2c1. The molecule has 0 saturated carbocycles. The summed E-state index contributed by atoms with van der Waals surface area (Å²) in [6.45, 7) is 6.71. The van der Waals surface area contributed by atoms with Crippen LogP contribution in [-0.4, -0.2) is 67.7 Å². The molecule has 43 heavy (non-hydrogen) atoms. The lowest BCUT2D eigenvalue weighted by Gasteiger charge is -2.40. The minimum atomic E-state index is -0.895. The second-order valence-corrected chi connectivity index (χ2v) is 10.6. The van der Waals surface area contributed by atoms with Crippen molar-refractivity contribution in [2.75, 3.05) is 32.7 Å². The van der Waals surface area contributed by atoms with E-state index in [1.165, 1.54) is 16.7 Å². The van der Waals surface area contributed by atoms with Gasteiger partial charge in [-0.3, -0.25) is 4.90 Å². The zero-order valence-electron chi connectivity index (χ0n) is 23.9. The summed E-state index contributed by atoms with van der Waals surface area (Å²) in [7, 11) is 0. The lowest BCUT2D eigenvalue weighted by Crippen LogP contribution is -2.48. The number of halogens is 3. The maximum Gasteiger partial charge on any atom is 0.335 e. The molecule has 6 rings (SSSR count). The van der Waals surface area contributed by atoms with Crippen LogP contribution in [0.5, 0.6) is 0 Å². The Kier molecular flexibility index (Phi) is 12.7. The van der Waals surface area contributed by atoms with E-state index in [4.69, 9.17) is 0 Å². The smallest absolute Gasteiger partial charge is 0.335 e. The van der Waals surface area contributed by atoms with Gasteiger partial charge in [0.1, 0.15) is 0 Å². The predicted octanol–water partition coefficient (Wildman–Crippen LogP) is 6.65. The highest BCUT2D eigenvalue weighted by atomic mass is 35.5. The molecule has 5 aromatic rings. The quantitative estimate of drug-likeness (QED) is 0.185. The number of aryl methyl sites for hydroxylation is 1. The van der Waals surface area contributed by atoms with Crippen LogP contribution in [0.1, 0.15) is 39.5 Å². The highest BCUT2D eigenvalue weighted by Crippen LogP contribution is 2.30. The molecular weight excluding hydrogens is 605 g/mol. The molecule has 1 saturated heterocycles. The van der Waals surface area contributed by atoms with Crippen molar-refractivity contribution in [1.82, 2.24) is 23.9 Å². The van der Waals surface area contributed by atoms with E-state index in [0.29, 0.717) is 12.1 Å². The first-order valence-electron chi connectivity index (χ1n) is 14.0. The van der Waals surface area contributed by atoms with Crippen molar-refractivity contribution in [1.29, 1.82) is 0 Å². The van der Waals surface area contributed by atoms with Gasteiger partial charge in [-0.05, 0) is 41.8 Å². The Bertz CT molecular complexity index is 1510. The van der Waals surface area contributed by atoms with Gasteiger partial charge in [-0.15, -0.1) is 37.2 Å². The van der Waals surface area contributed by atoms with Crippen molar-refractivity contribution in [3.05, 3.63) is 126 Å². The van der Waals surface area contributed by atoms with Gasteiger partial charge in [0.2, 0.25) is 0 Å². The van der Waals surface area contributed by atoms with Crippen LogP contribution in [0, 0.1) is 0 Å². The molecule has 0 atom stereocenters. The summed E-state index contributed by atoms with van der Waals surface area (Å²) < 4.78 is 4.27. The first-order valence-corrected chi connectivity index (χ1v) is 14.0. The van der Waals surface area contributed by atoms with Crippen molar-refractivity contribution in [2.45, 2.75) is 25.6 Å². The first-order chi connectivity index (χ1) is 19.7. The van der Waals surface area contributed by atoms with Gasteiger partial charge in [0.05, 0.1) is 24.5 Å². The number of benzene rings is 3. The number of hydrogen-bond acceptors (Lipinski definition) is 4. The van der Waals surface area contributed by atoms with Crippen LogP contribution in [0.15, 0.2) is 104 Å². The lowest BCUT2D eigenvalue weighted by molar-refractivity contribution is 0.0697. The van der Waals surface area contributed by atoms with Gasteiger partial charge in [0, 0.05) is 62.2 Å². The molecule has 0 aliphatic carbocycles. The van der Waals surface area contributed by atoms with E-state index in [1.54, 1.807) is 18.3 Å². The minimum Gasteiger partial charge on any atom is -0.478 e. The third-order valence-corrected chi connectivity index (χ3v) is 8.00. The van der Waals surface area contributed by atoms with Crippen LogP contribution < -0.4 is 0 Å². The molecule has 1 aliphatic heterocycles. The van der Waals surface area contributed by atoms with Gasteiger partial charge < -0.3 is 19.1 Å². The fourth-order valence-electron chi connectivity index (χ4n) is 5.98. The number of imidazole rings is 1. The van der Waals surface area contributed by atoms with E-state index in [-0.39, 0.29) is 43.3 Å². The van der Waals surface area contributed by atoms with Crippen molar-refractivity contribution >= 4 is 54.1 Å². The van der Waals surface area contributed by atoms with E-state index in [1.807, 2.05) is 23.2 Å². The van der Waals surface area contributed by atoms with Crippen molar-refractivity contribution in [2.24, 2.45) is 0 Å². The molecule has 1 aliphatic rings. The number of piperazine rings is 1. The van der Waals surface area contributed by atoms with Crippen LogP contribution in [-0.2, 0) is 13.1 Å². The van der Waals surface area contributed by atoms with E-state index < -0.39 is 5.97 Å². The maximum absolute atomic E-state index is 11.7. The van der Waals surface area contributed by atoms with E-state index in [2.05, 4.69) is 86.2 Å². The number of aromatic nitrogens is 3. The molecule has 10 heteroatoms. The van der Waals surface area contributed by atoms with Crippen molar-refractivity contribution < 1.29 is 9.90 Å². The molecule has 0 amide bonds. The number of rotatable bonds is 10. The molecule has 0 unspecified atom stereocenters. The molecule has 1 fully saturated rings. The van der Waals surface area contributed by atoms with Gasteiger partial charge in [-0.1, -0.05) is 66.7 Å². The molecule has 0 spiro atoms. The topological polar surface area (TPSA) is 66.5 Å². The third kappa shape index (κ3) is 7.99. The van der Waals surface area contributed by atoms with Gasteiger partial charge in [-0.2, -0.15) is 0 Å². The Hall–Kier alpha value is -3.33. The van der Waals surface area contributed by atoms with E-state index in [9.17, 15) is 9.90 Å². The molecule has 7 nitrogen and oxygen atoms in total. The Labute approximate surface area is 271 Å². The Morgan fingerprint density at radius 2 is 1.49 bits per heavy atom. The monoisotopic (exact) mass is 641 g/mol. The lowest BCUT2D eigenvalue weighted by atomic mass is 9.96. The van der Waals surface area contributed by atoms with Crippen molar-refractivity contribution in [3.63, 3.8) is 0 Å². The molecule has 2 aromatic heterocycles. The highest BCUT2D eigenvalue weighted by Gasteiger charge is 2.26. The van der Waals surface area contributed by atoms with E-state index >= 15 is 0 Å². The Morgan fingerprint density at radius 3 is 2.07 bits per heavy atom. The van der Waals surface area contributed by atoms with E-state index in [0.717, 1.165) is 56.6 Å². The van der Waals surface area contributed by atoms with Gasteiger partial charge in [0.15, 0.2) is 0 Å². The largest absolute Gasteiger partial charge is 0.478 e. The fraction of sp³-hybridized carbons (Fsp3) is 0.273. The molecule has 0 bridgehead atoms. The molecule has 3 aromatic carbocycles. The van der Waals surface area contributed by atoms with Crippen LogP contribution in [0.3, 0.4) is 0 Å². The van der Waals surface area contributed by atoms with Crippen LogP contribution in [0.25, 0.3) is 10.9 Å². The average molecular weight is 643 g/mol. The standard InChI is InChI=1S/C33H35N5O2.3ClH/c39-33(40)28-12-13-30-29(23-36-17-14-34-25-36)24-38(31(30)22-28)16-7-15-35-18-20-37(21-19-35)32(26-8-3-1-4-9-26)27-10-5-2-6-11-27;;;/h1-6,8-14,17,22,24-25,32H,7,15-16,18-21,23H2,(H,39,40);3*1H. The second-order valence-electron chi connectivity index (χ2n) is 10.6. The summed E-state index contributed by atoms with van der Waals surface area (Å²) in [5.41, 5.74) is 5.16. The molecular formula is C33H38Cl3N5O2. The number of nitrogens with zero attached hydrogens (tertiary/aromatic N) is 5. The van der Waals surface area contributed by atoms with Crippen LogP contribution >= 0.6 is 37.2 Å². The molecule has 228 valence electrons. The van der Waals surface area contributed by atoms with Gasteiger partial charge >= 0.3 is 5.97 Å². The summed E-state index contributed by atoms with van der Waals surface area (Å²) in [6.07, 6.45) is 8.73. The maximum atomic E-state index is 11.7. The summed E-state index contributed by atoms with van der Waals surface area (Å²) in [5, 5.41) is 10.7. The number of aromatic carboxylic acids is 1. The summed E-state index contributed by atoms with van der Waals surface area (Å²) in [5.74, 6) is -0.895. The summed E-state index contributed by atoms with van der Waals surface area (Å²) in [6, 6.07) is 27.4. The Balaban J connectivity index is 0.00000169. The van der Waals surface area contributed by atoms with Gasteiger partial charge in [0.25, 0.3) is 0 Å². The number of fused-ring (bicyclic) bond motifs is 1. The second kappa shape index (κ2) is 15.9. The number of carbonyl (C=O) groups is 1. The number of carboxylic acids is 1. The molecule has 1 N–H and O–H groups in total. The third-order valence-electron chi connectivity index (χ3n) is 8.00. The first kappa shape index (κ1) is 34.2. The van der Waals surface area contributed by atoms with Crippen LogP contribution in [0.4, 0.5) is 0 Å². The average Bonchev–Trinajstić information content (AvgIpc) is 3.63. The minimum absolute atomic E-state index is 0. The van der Waals surface area contributed by atoms with Crippen molar-refractivity contribution in [3.8, 4) is 0 Å². The summed E-state index contributed by atoms with van der Waals surface area (Å²) in [4.78, 5) is 21.0. The molecule has 0 radical (unpaired) electrons. The number of carboxylic acid groups (broad SMARTS) is 1. The Morgan fingerprint density at radius 1 is 0.837 bits per heavy atom. The normalized spacial score (nSPS) is 13.7. The molecule has 3 heterocycles. The van der Waals surface area contributed by atoms with Crippen LogP contribution in [0.2, 0.25) is 0 Å².